The highest BCUT2D eigenvalue weighted by atomic mass is 32.2. The first-order chi connectivity index (χ1) is 9.15. The first-order valence-electron chi connectivity index (χ1n) is 6.19. The maximum atomic E-state index is 12.8. The molecule has 1 fully saturated rings. The zero-order valence-corrected chi connectivity index (χ0v) is 11.3. The van der Waals surface area contributed by atoms with Crippen LogP contribution in [0, 0.1) is 5.82 Å². The third-order valence-corrected chi connectivity index (χ3v) is 3.92. The van der Waals surface area contributed by atoms with Gasteiger partial charge in [-0.15, -0.1) is 11.8 Å². The fourth-order valence-corrected chi connectivity index (χ4v) is 2.79. The molecule has 1 aromatic carbocycles. The van der Waals surface area contributed by atoms with E-state index in [9.17, 15) is 9.18 Å². The van der Waals surface area contributed by atoms with Crippen molar-refractivity contribution >= 4 is 29.0 Å². The van der Waals surface area contributed by atoms with Crippen LogP contribution in [0.15, 0.2) is 18.2 Å². The van der Waals surface area contributed by atoms with Crippen LogP contribution in [0.4, 0.5) is 15.8 Å². The molecule has 6 heteroatoms. The number of nitrogens with one attached hydrogen (secondary N) is 1. The minimum absolute atomic E-state index is 0.138. The molecule has 1 unspecified atom stereocenters. The van der Waals surface area contributed by atoms with Crippen LogP contribution >= 0.6 is 11.8 Å². The standard InChI is InChI=1S/C13H17FN2O2S/c14-9-3-4-12(11(15)6-9)16-13(17)8-19-7-10-2-1-5-18-10/h3-4,6,10H,1-2,5,7-8,15H2,(H,16,17). The highest BCUT2D eigenvalue weighted by Gasteiger charge is 2.16. The molecule has 1 amide bonds. The lowest BCUT2D eigenvalue weighted by atomic mass is 10.2. The molecule has 3 N–H and O–H groups in total. The number of hydrogen-bond acceptors (Lipinski definition) is 4. The summed E-state index contributed by atoms with van der Waals surface area (Å²) in [4.78, 5) is 11.7. The summed E-state index contributed by atoms with van der Waals surface area (Å²) in [5.74, 6) is 0.618. The first kappa shape index (κ1) is 14.1. The van der Waals surface area contributed by atoms with Gasteiger partial charge in [0.15, 0.2) is 0 Å². The van der Waals surface area contributed by atoms with E-state index in [1.165, 1.54) is 30.0 Å². The zero-order valence-electron chi connectivity index (χ0n) is 10.5. The Labute approximate surface area is 115 Å². The van der Waals surface area contributed by atoms with Crippen molar-refractivity contribution in [3.05, 3.63) is 24.0 Å². The van der Waals surface area contributed by atoms with Crippen LogP contribution in [-0.2, 0) is 9.53 Å². The van der Waals surface area contributed by atoms with E-state index in [1.807, 2.05) is 0 Å². The molecule has 4 nitrogen and oxygen atoms in total. The predicted octanol–water partition coefficient (Wildman–Crippen LogP) is 2.26. The van der Waals surface area contributed by atoms with Crippen LogP contribution in [0.3, 0.4) is 0 Å². The lowest BCUT2D eigenvalue weighted by Crippen LogP contribution is -2.17. The summed E-state index contributed by atoms with van der Waals surface area (Å²) in [6, 6.07) is 3.92. The Hall–Kier alpha value is -1.27. The topological polar surface area (TPSA) is 64.3 Å². The van der Waals surface area contributed by atoms with Crippen molar-refractivity contribution < 1.29 is 13.9 Å². The second-order valence-electron chi connectivity index (χ2n) is 4.43. The van der Waals surface area contributed by atoms with Crippen molar-refractivity contribution in [1.29, 1.82) is 0 Å². The molecule has 2 rings (SSSR count). The quantitative estimate of drug-likeness (QED) is 0.814. The molecule has 0 aliphatic carbocycles. The monoisotopic (exact) mass is 284 g/mol. The second-order valence-corrected chi connectivity index (χ2v) is 5.46. The fraction of sp³-hybridized carbons (Fsp3) is 0.462. The summed E-state index contributed by atoms with van der Waals surface area (Å²) in [5.41, 5.74) is 6.30. The maximum Gasteiger partial charge on any atom is 0.234 e. The van der Waals surface area contributed by atoms with Gasteiger partial charge in [0.1, 0.15) is 5.82 Å². The lowest BCUT2D eigenvalue weighted by molar-refractivity contribution is -0.113. The average Bonchev–Trinajstić information content (AvgIpc) is 2.86. The van der Waals surface area contributed by atoms with Crippen molar-refractivity contribution in [1.82, 2.24) is 0 Å². The van der Waals surface area contributed by atoms with Gasteiger partial charge in [-0.3, -0.25) is 4.79 Å². The first-order valence-corrected chi connectivity index (χ1v) is 7.35. The molecule has 1 atom stereocenters. The van der Waals surface area contributed by atoms with E-state index in [1.54, 1.807) is 0 Å². The number of nitrogen functional groups attached to an aromatic ring is 1. The van der Waals surface area contributed by atoms with Gasteiger partial charge in [0.05, 0.1) is 23.2 Å². The van der Waals surface area contributed by atoms with Crippen molar-refractivity contribution in [2.75, 3.05) is 29.2 Å². The van der Waals surface area contributed by atoms with E-state index < -0.39 is 5.82 Å². The molecule has 1 aliphatic rings. The molecule has 1 heterocycles. The highest BCUT2D eigenvalue weighted by molar-refractivity contribution is 8.00. The van der Waals surface area contributed by atoms with E-state index >= 15 is 0 Å². The van der Waals surface area contributed by atoms with Crippen molar-refractivity contribution in [2.45, 2.75) is 18.9 Å². The third kappa shape index (κ3) is 4.40. The number of thioether (sulfide) groups is 1. The largest absolute Gasteiger partial charge is 0.397 e. The Morgan fingerprint density at radius 1 is 1.58 bits per heavy atom. The summed E-state index contributed by atoms with van der Waals surface area (Å²) in [5, 5.41) is 2.67. The van der Waals surface area contributed by atoms with Crippen LogP contribution in [0.25, 0.3) is 0 Å². The zero-order chi connectivity index (χ0) is 13.7. The van der Waals surface area contributed by atoms with Crippen LogP contribution in [-0.4, -0.2) is 30.1 Å². The smallest absolute Gasteiger partial charge is 0.234 e. The SMILES string of the molecule is Nc1cc(F)ccc1NC(=O)CSCC1CCCO1. The van der Waals surface area contributed by atoms with Crippen LogP contribution in [0.5, 0.6) is 0 Å². The van der Waals surface area contributed by atoms with Crippen LogP contribution in [0.1, 0.15) is 12.8 Å². The van der Waals surface area contributed by atoms with Crippen molar-refractivity contribution in [3.63, 3.8) is 0 Å². The van der Waals surface area contributed by atoms with Gasteiger partial charge in [-0.2, -0.15) is 0 Å². The van der Waals surface area contributed by atoms with Gasteiger partial charge in [0.25, 0.3) is 0 Å². The number of benzene rings is 1. The molecule has 1 aromatic rings. The molecule has 0 bridgehead atoms. The van der Waals surface area contributed by atoms with Gasteiger partial charge in [-0.25, -0.2) is 4.39 Å². The Morgan fingerprint density at radius 3 is 3.11 bits per heavy atom. The summed E-state index contributed by atoms with van der Waals surface area (Å²) >= 11 is 1.53. The Kier molecular flexibility index (Phi) is 5.04. The number of nitrogens with two attached hydrogens (primary N) is 1. The van der Waals surface area contributed by atoms with Gasteiger partial charge in [0.2, 0.25) is 5.91 Å². The molecule has 19 heavy (non-hydrogen) atoms. The number of carbonyl (C=O) groups excluding carboxylic acids is 1. The molecular formula is C13H17FN2O2S. The Bertz CT molecular complexity index is 450. The Morgan fingerprint density at radius 2 is 2.42 bits per heavy atom. The van der Waals surface area contributed by atoms with Gasteiger partial charge in [-0.1, -0.05) is 0 Å². The lowest BCUT2D eigenvalue weighted by Gasteiger charge is -2.10. The molecule has 0 radical (unpaired) electrons. The molecule has 0 saturated carbocycles. The predicted molar refractivity (Wildman–Crippen MR) is 75.7 cm³/mol. The molecule has 1 aliphatic heterocycles. The van der Waals surface area contributed by atoms with Crippen LogP contribution in [0.2, 0.25) is 0 Å². The minimum Gasteiger partial charge on any atom is -0.397 e. The summed E-state index contributed by atoms with van der Waals surface area (Å²) in [7, 11) is 0. The highest BCUT2D eigenvalue weighted by Crippen LogP contribution is 2.20. The fourth-order valence-electron chi connectivity index (χ4n) is 1.89. The molecule has 0 spiro atoms. The van der Waals surface area contributed by atoms with E-state index in [4.69, 9.17) is 10.5 Å². The maximum absolute atomic E-state index is 12.8. The second kappa shape index (κ2) is 6.77. The number of rotatable bonds is 5. The number of halogens is 1. The van der Waals surface area contributed by atoms with Gasteiger partial charge in [0, 0.05) is 12.4 Å². The summed E-state index contributed by atoms with van der Waals surface area (Å²) in [6.45, 7) is 0.823. The number of amides is 1. The Balaban J connectivity index is 1.74. The number of hydrogen-bond donors (Lipinski definition) is 2. The van der Waals surface area contributed by atoms with Gasteiger partial charge < -0.3 is 15.8 Å². The van der Waals surface area contributed by atoms with Crippen molar-refractivity contribution in [2.24, 2.45) is 0 Å². The van der Waals surface area contributed by atoms with E-state index in [-0.39, 0.29) is 17.7 Å². The average molecular weight is 284 g/mol. The van der Waals surface area contributed by atoms with Crippen LogP contribution < -0.4 is 11.1 Å². The molecular weight excluding hydrogens is 267 g/mol. The third-order valence-electron chi connectivity index (χ3n) is 2.85. The van der Waals surface area contributed by atoms with Gasteiger partial charge >= 0.3 is 0 Å². The van der Waals surface area contributed by atoms with Crippen molar-refractivity contribution in [3.8, 4) is 0 Å². The van der Waals surface area contributed by atoms with E-state index in [2.05, 4.69) is 5.32 Å². The number of ether oxygens (including phenoxy) is 1. The van der Waals surface area contributed by atoms with E-state index in [0.29, 0.717) is 11.4 Å². The number of carbonyl (C=O) groups is 1. The summed E-state index contributed by atoms with van der Waals surface area (Å²) in [6.07, 6.45) is 2.44. The molecule has 0 aromatic heterocycles. The normalized spacial score (nSPS) is 18.5. The summed E-state index contributed by atoms with van der Waals surface area (Å²) < 4.78 is 18.3. The minimum atomic E-state index is -0.414. The van der Waals surface area contributed by atoms with Gasteiger partial charge in [-0.05, 0) is 31.0 Å². The van der Waals surface area contributed by atoms with E-state index in [0.717, 1.165) is 25.2 Å². The molecule has 104 valence electrons. The number of anilines is 2. The molecule has 1 saturated heterocycles.